The molecule has 2 aromatic heterocycles. The lowest BCUT2D eigenvalue weighted by Gasteiger charge is -2.21. The number of aromatic nitrogens is 3. The molecule has 2 aromatic carbocycles. The highest BCUT2D eigenvalue weighted by molar-refractivity contribution is 6.04. The predicted octanol–water partition coefficient (Wildman–Crippen LogP) is 5.80. The fraction of sp³-hybridized carbons (Fsp3) is 0.333. The average molecular weight is 566 g/mol. The number of carbonyl (C=O) groups is 1. The number of aryl methyl sites for hydroxylation is 1. The number of alkyl halides is 3. The molecule has 11 heteroatoms. The number of pyridine rings is 1. The molecule has 3 heterocycles. The zero-order valence-corrected chi connectivity index (χ0v) is 22.7. The average Bonchev–Trinajstić information content (AvgIpc) is 2.96. The lowest BCUT2D eigenvalue weighted by atomic mass is 9.97. The van der Waals surface area contributed by atoms with E-state index in [0.29, 0.717) is 40.7 Å². The van der Waals surface area contributed by atoms with Crippen molar-refractivity contribution in [3.8, 4) is 11.3 Å². The Morgan fingerprint density at radius 1 is 1.12 bits per heavy atom. The van der Waals surface area contributed by atoms with Gasteiger partial charge in [0.25, 0.3) is 11.5 Å². The molecule has 1 saturated heterocycles. The third-order valence-electron chi connectivity index (χ3n) is 7.38. The van der Waals surface area contributed by atoms with Gasteiger partial charge in [0, 0.05) is 55.2 Å². The van der Waals surface area contributed by atoms with E-state index < -0.39 is 17.6 Å². The Labute approximate surface area is 234 Å². The number of fused-ring (bicyclic) bond motifs is 1. The van der Waals surface area contributed by atoms with Crippen molar-refractivity contribution in [3.05, 3.63) is 81.8 Å². The molecule has 0 radical (unpaired) electrons. The van der Waals surface area contributed by atoms with E-state index >= 15 is 0 Å². The molecule has 1 aliphatic rings. The van der Waals surface area contributed by atoms with Crippen LogP contribution in [0.25, 0.3) is 22.2 Å². The van der Waals surface area contributed by atoms with E-state index in [1.807, 2.05) is 13.0 Å². The van der Waals surface area contributed by atoms with Crippen LogP contribution in [0.1, 0.15) is 40.7 Å². The fourth-order valence-electron chi connectivity index (χ4n) is 4.96. The maximum atomic E-state index is 13.3. The molecule has 8 nitrogen and oxygen atoms in total. The van der Waals surface area contributed by atoms with Crippen LogP contribution in [0.2, 0.25) is 0 Å². The number of hydrogen-bond donors (Lipinski definition) is 2. The summed E-state index contributed by atoms with van der Waals surface area (Å²) in [6.07, 6.45) is 0.109. The summed E-state index contributed by atoms with van der Waals surface area (Å²) in [6, 6.07) is 11.2. The Kier molecular flexibility index (Phi) is 8.07. The Hall–Kier alpha value is -4.25. The second-order valence-electron chi connectivity index (χ2n) is 10.2. The third kappa shape index (κ3) is 6.40. The molecule has 0 atom stereocenters. The van der Waals surface area contributed by atoms with Crippen LogP contribution < -0.4 is 16.2 Å². The highest BCUT2D eigenvalue weighted by Gasteiger charge is 2.31. The van der Waals surface area contributed by atoms with Gasteiger partial charge in [-0.15, -0.1) is 0 Å². The van der Waals surface area contributed by atoms with Gasteiger partial charge in [0.15, 0.2) is 0 Å². The van der Waals surface area contributed by atoms with E-state index in [2.05, 4.69) is 20.6 Å². The van der Waals surface area contributed by atoms with Crippen LogP contribution in [0.15, 0.2) is 59.5 Å². The maximum Gasteiger partial charge on any atom is 0.416 e. The standard InChI is InChI=1S/C30H30F3N5O3/c1-18-6-7-23(36-27(39)20-4-3-5-22(14-20)30(31,32)33)16-24(18)25-15-21-17-35-29(37-26(21)28(40)38(25)2)34-11-8-19-9-12-41-13-10-19/h3-7,14-17,19H,8-13H2,1-2H3,(H,36,39)(H,34,35,37). The van der Waals surface area contributed by atoms with Gasteiger partial charge in [-0.2, -0.15) is 13.2 Å². The number of benzene rings is 2. The normalized spacial score (nSPS) is 14.3. The van der Waals surface area contributed by atoms with Crippen LogP contribution >= 0.6 is 0 Å². The highest BCUT2D eigenvalue weighted by atomic mass is 19.4. The Morgan fingerprint density at radius 3 is 2.66 bits per heavy atom. The lowest BCUT2D eigenvalue weighted by Crippen LogP contribution is -2.21. The Morgan fingerprint density at radius 2 is 1.90 bits per heavy atom. The van der Waals surface area contributed by atoms with Crippen molar-refractivity contribution in [2.24, 2.45) is 13.0 Å². The zero-order chi connectivity index (χ0) is 29.1. The van der Waals surface area contributed by atoms with Crippen molar-refractivity contribution >= 4 is 28.4 Å². The van der Waals surface area contributed by atoms with Crippen LogP contribution in [0.5, 0.6) is 0 Å². The number of hydrogen-bond acceptors (Lipinski definition) is 6. The van der Waals surface area contributed by atoms with E-state index in [-0.39, 0.29) is 16.6 Å². The highest BCUT2D eigenvalue weighted by Crippen LogP contribution is 2.31. The van der Waals surface area contributed by atoms with Crippen LogP contribution in [0, 0.1) is 12.8 Å². The number of ether oxygens (including phenoxy) is 1. The van der Waals surface area contributed by atoms with Gasteiger partial charge in [-0.1, -0.05) is 12.1 Å². The van der Waals surface area contributed by atoms with Crippen molar-refractivity contribution in [3.63, 3.8) is 0 Å². The van der Waals surface area contributed by atoms with Gasteiger partial charge in [-0.25, -0.2) is 9.97 Å². The Bertz CT molecular complexity index is 1650. The first-order valence-corrected chi connectivity index (χ1v) is 13.4. The molecule has 41 heavy (non-hydrogen) atoms. The van der Waals surface area contributed by atoms with E-state index in [1.54, 1.807) is 31.4 Å². The van der Waals surface area contributed by atoms with Gasteiger partial charge in [0.1, 0.15) is 5.52 Å². The van der Waals surface area contributed by atoms with E-state index in [1.165, 1.54) is 16.7 Å². The molecular formula is C30H30F3N5O3. The molecule has 1 aliphatic heterocycles. The summed E-state index contributed by atoms with van der Waals surface area (Å²) in [6.45, 7) is 4.15. The number of anilines is 2. The SMILES string of the molecule is Cc1ccc(NC(=O)c2cccc(C(F)(F)F)c2)cc1-c1cc2cnc(NCCC3CCOCC3)nc2c(=O)n1C. The van der Waals surface area contributed by atoms with E-state index in [0.717, 1.165) is 50.2 Å². The molecule has 2 N–H and O–H groups in total. The number of rotatable bonds is 7. The van der Waals surface area contributed by atoms with Crippen molar-refractivity contribution in [2.45, 2.75) is 32.4 Å². The van der Waals surface area contributed by atoms with Crippen LogP contribution in [-0.2, 0) is 18.0 Å². The van der Waals surface area contributed by atoms with Crippen molar-refractivity contribution < 1.29 is 22.7 Å². The first kappa shape index (κ1) is 28.3. The quantitative estimate of drug-likeness (QED) is 0.294. The largest absolute Gasteiger partial charge is 0.416 e. The Balaban J connectivity index is 1.38. The minimum atomic E-state index is -4.56. The summed E-state index contributed by atoms with van der Waals surface area (Å²) >= 11 is 0. The number of amides is 1. The smallest absolute Gasteiger partial charge is 0.381 e. The molecule has 214 valence electrons. The molecule has 0 aliphatic carbocycles. The predicted molar refractivity (Wildman–Crippen MR) is 151 cm³/mol. The van der Waals surface area contributed by atoms with Crippen LogP contribution in [0.4, 0.5) is 24.8 Å². The summed E-state index contributed by atoms with van der Waals surface area (Å²) < 4.78 is 46.2. The summed E-state index contributed by atoms with van der Waals surface area (Å²) in [5.74, 6) is 0.314. The summed E-state index contributed by atoms with van der Waals surface area (Å²) in [5.41, 5.74) is 1.43. The second-order valence-corrected chi connectivity index (χ2v) is 10.2. The summed E-state index contributed by atoms with van der Waals surface area (Å²) in [4.78, 5) is 35.0. The molecule has 1 amide bonds. The van der Waals surface area contributed by atoms with Gasteiger partial charge >= 0.3 is 6.18 Å². The van der Waals surface area contributed by atoms with Gasteiger partial charge in [-0.05, 0) is 74.1 Å². The molecule has 0 spiro atoms. The maximum absolute atomic E-state index is 13.3. The molecule has 5 rings (SSSR count). The zero-order valence-electron chi connectivity index (χ0n) is 22.7. The molecule has 0 unspecified atom stereocenters. The van der Waals surface area contributed by atoms with Crippen molar-refractivity contribution in [2.75, 3.05) is 30.4 Å². The van der Waals surface area contributed by atoms with Gasteiger partial charge in [-0.3, -0.25) is 9.59 Å². The van der Waals surface area contributed by atoms with Crippen LogP contribution in [0.3, 0.4) is 0 Å². The number of nitrogens with zero attached hydrogens (tertiary/aromatic N) is 3. The van der Waals surface area contributed by atoms with Crippen LogP contribution in [-0.4, -0.2) is 40.2 Å². The van der Waals surface area contributed by atoms with Gasteiger partial charge in [0.05, 0.1) is 11.3 Å². The van der Waals surface area contributed by atoms with Gasteiger partial charge < -0.3 is 19.9 Å². The lowest BCUT2D eigenvalue weighted by molar-refractivity contribution is -0.137. The minimum Gasteiger partial charge on any atom is -0.381 e. The topological polar surface area (TPSA) is 98.1 Å². The number of halogens is 3. The van der Waals surface area contributed by atoms with Crippen molar-refractivity contribution in [1.82, 2.24) is 14.5 Å². The van der Waals surface area contributed by atoms with E-state index in [4.69, 9.17) is 4.74 Å². The fourth-order valence-corrected chi connectivity index (χ4v) is 4.96. The second kappa shape index (κ2) is 11.7. The third-order valence-corrected chi connectivity index (χ3v) is 7.38. The van der Waals surface area contributed by atoms with Crippen molar-refractivity contribution in [1.29, 1.82) is 0 Å². The molecule has 0 bridgehead atoms. The number of carbonyl (C=O) groups excluding carboxylic acids is 1. The summed E-state index contributed by atoms with van der Waals surface area (Å²) in [5, 5.41) is 6.45. The first-order valence-electron chi connectivity index (χ1n) is 13.4. The molecule has 1 fully saturated rings. The molecule has 0 saturated carbocycles. The summed E-state index contributed by atoms with van der Waals surface area (Å²) in [7, 11) is 1.64. The number of nitrogens with one attached hydrogen (secondary N) is 2. The first-order chi connectivity index (χ1) is 19.6. The molecular weight excluding hydrogens is 535 g/mol. The molecule has 4 aromatic rings. The van der Waals surface area contributed by atoms with E-state index in [9.17, 15) is 22.8 Å². The monoisotopic (exact) mass is 565 g/mol. The minimum absolute atomic E-state index is 0.116. The van der Waals surface area contributed by atoms with Gasteiger partial charge in [0.2, 0.25) is 5.95 Å².